The maximum Gasteiger partial charge on any atom is 0.246 e. The highest BCUT2D eigenvalue weighted by Gasteiger charge is 2.19. The molecule has 4 nitrogen and oxygen atoms in total. The van der Waals surface area contributed by atoms with Gasteiger partial charge in [-0.1, -0.05) is 41.9 Å². The fourth-order valence-electron chi connectivity index (χ4n) is 3.06. The highest BCUT2D eigenvalue weighted by atomic mass is 35.5. The lowest BCUT2D eigenvalue weighted by Crippen LogP contribution is -2.48. The Balaban J connectivity index is 1.77. The summed E-state index contributed by atoms with van der Waals surface area (Å²) in [5.74, 6) is 0.658. The first-order chi connectivity index (χ1) is 12.5. The van der Waals surface area contributed by atoms with Crippen molar-refractivity contribution < 1.29 is 9.53 Å². The van der Waals surface area contributed by atoms with E-state index in [1.165, 1.54) is 6.08 Å². The summed E-state index contributed by atoms with van der Waals surface area (Å²) in [6, 6.07) is 11.7. The van der Waals surface area contributed by atoms with Crippen LogP contribution < -0.4 is 9.64 Å². The Morgan fingerprint density at radius 1 is 1.12 bits per heavy atom. The van der Waals surface area contributed by atoms with E-state index < -0.39 is 0 Å². The average molecular weight is 391 g/mol. The lowest BCUT2D eigenvalue weighted by molar-refractivity contribution is -0.126. The monoisotopic (exact) mass is 390 g/mol. The third-order valence-corrected chi connectivity index (χ3v) is 5.35. The molecule has 0 bridgehead atoms. The largest absolute Gasteiger partial charge is 0.497 e. The molecule has 0 spiro atoms. The molecule has 1 amide bonds. The predicted octanol–water partition coefficient (Wildman–Crippen LogP) is 4.50. The van der Waals surface area contributed by atoms with E-state index in [9.17, 15) is 4.79 Å². The lowest BCUT2D eigenvalue weighted by Gasteiger charge is -2.35. The van der Waals surface area contributed by atoms with Crippen LogP contribution in [0, 0.1) is 0 Å². The minimum absolute atomic E-state index is 0.00968. The number of hydrogen-bond acceptors (Lipinski definition) is 3. The molecule has 0 aliphatic carbocycles. The Hall–Kier alpha value is -2.17. The summed E-state index contributed by atoms with van der Waals surface area (Å²) in [4.78, 5) is 15.8. The molecule has 2 aromatic rings. The topological polar surface area (TPSA) is 32.8 Å². The van der Waals surface area contributed by atoms with E-state index in [4.69, 9.17) is 27.9 Å². The molecule has 1 heterocycles. The maximum atomic E-state index is 11.7. The van der Waals surface area contributed by atoms with Crippen molar-refractivity contribution >= 4 is 34.8 Å². The Kier molecular flexibility index (Phi) is 5.74. The number of amides is 1. The molecule has 6 heteroatoms. The van der Waals surface area contributed by atoms with Gasteiger partial charge in [0.15, 0.2) is 0 Å². The Morgan fingerprint density at radius 2 is 1.77 bits per heavy atom. The Morgan fingerprint density at radius 3 is 2.35 bits per heavy atom. The summed E-state index contributed by atoms with van der Waals surface area (Å²) in [5.41, 5.74) is 2.92. The van der Waals surface area contributed by atoms with Gasteiger partial charge >= 0.3 is 0 Å². The number of carbonyl (C=O) groups is 1. The molecule has 1 aliphatic heterocycles. The van der Waals surface area contributed by atoms with Gasteiger partial charge in [0, 0.05) is 43.5 Å². The number of halogens is 2. The van der Waals surface area contributed by atoms with Gasteiger partial charge in [-0.15, -0.1) is 0 Å². The number of anilines is 1. The number of methoxy groups -OCH3 is 1. The van der Waals surface area contributed by atoms with E-state index >= 15 is 0 Å². The van der Waals surface area contributed by atoms with Crippen molar-refractivity contribution in [2.24, 2.45) is 0 Å². The minimum atomic E-state index is -0.00968. The van der Waals surface area contributed by atoms with E-state index in [1.807, 2.05) is 23.1 Å². The highest BCUT2D eigenvalue weighted by molar-refractivity contribution is 6.43. The summed E-state index contributed by atoms with van der Waals surface area (Å²) >= 11 is 12.6. The van der Waals surface area contributed by atoms with Crippen molar-refractivity contribution in [1.82, 2.24) is 4.90 Å². The van der Waals surface area contributed by atoms with Gasteiger partial charge in [0.25, 0.3) is 0 Å². The lowest BCUT2D eigenvalue weighted by atomic mass is 10.0. The Labute approximate surface area is 163 Å². The van der Waals surface area contributed by atoms with Crippen LogP contribution in [0.2, 0.25) is 10.0 Å². The van der Waals surface area contributed by atoms with Crippen LogP contribution in [0.3, 0.4) is 0 Å². The van der Waals surface area contributed by atoms with Gasteiger partial charge in [0.05, 0.1) is 17.2 Å². The second-order valence-electron chi connectivity index (χ2n) is 6.03. The van der Waals surface area contributed by atoms with Crippen LogP contribution in [0.5, 0.6) is 5.75 Å². The fraction of sp³-hybridized carbons (Fsp3) is 0.250. The predicted molar refractivity (Wildman–Crippen MR) is 107 cm³/mol. The summed E-state index contributed by atoms with van der Waals surface area (Å²) in [7, 11) is 1.60. The van der Waals surface area contributed by atoms with E-state index in [2.05, 4.69) is 23.6 Å². The third kappa shape index (κ3) is 3.81. The van der Waals surface area contributed by atoms with Gasteiger partial charge in [0.1, 0.15) is 5.75 Å². The minimum Gasteiger partial charge on any atom is -0.497 e. The number of nitrogens with zero attached hydrogens (tertiary/aromatic N) is 2. The highest BCUT2D eigenvalue weighted by Crippen LogP contribution is 2.37. The van der Waals surface area contributed by atoms with Gasteiger partial charge in [-0.3, -0.25) is 4.79 Å². The summed E-state index contributed by atoms with van der Waals surface area (Å²) in [6.45, 7) is 6.53. The van der Waals surface area contributed by atoms with Gasteiger partial charge in [-0.2, -0.15) is 0 Å². The number of rotatable bonds is 4. The quantitative estimate of drug-likeness (QED) is 0.720. The smallest absolute Gasteiger partial charge is 0.246 e. The number of carbonyl (C=O) groups excluding carboxylic acids is 1. The van der Waals surface area contributed by atoms with Crippen LogP contribution in [0.15, 0.2) is 49.1 Å². The normalized spacial score (nSPS) is 14.3. The van der Waals surface area contributed by atoms with Crippen molar-refractivity contribution in [2.75, 3.05) is 38.2 Å². The van der Waals surface area contributed by atoms with Gasteiger partial charge < -0.3 is 14.5 Å². The van der Waals surface area contributed by atoms with Crippen LogP contribution in [0.25, 0.3) is 11.1 Å². The molecule has 1 aliphatic rings. The van der Waals surface area contributed by atoms with Gasteiger partial charge in [-0.25, -0.2) is 0 Å². The number of benzene rings is 2. The zero-order valence-corrected chi connectivity index (χ0v) is 16.1. The van der Waals surface area contributed by atoms with Crippen molar-refractivity contribution in [3.8, 4) is 16.9 Å². The average Bonchev–Trinajstić information content (AvgIpc) is 2.69. The molecular weight excluding hydrogens is 371 g/mol. The second kappa shape index (κ2) is 8.02. The number of ether oxygens (including phenoxy) is 1. The zero-order chi connectivity index (χ0) is 18.7. The molecule has 26 heavy (non-hydrogen) atoms. The van der Waals surface area contributed by atoms with Crippen LogP contribution >= 0.6 is 23.2 Å². The molecule has 1 saturated heterocycles. The van der Waals surface area contributed by atoms with Crippen molar-refractivity contribution in [3.63, 3.8) is 0 Å². The molecule has 0 N–H and O–H groups in total. The van der Waals surface area contributed by atoms with Crippen molar-refractivity contribution in [1.29, 1.82) is 0 Å². The molecular formula is C20H20Cl2N2O2. The summed E-state index contributed by atoms with van der Waals surface area (Å²) < 4.78 is 5.28. The van der Waals surface area contributed by atoms with E-state index in [0.717, 1.165) is 29.9 Å². The first-order valence-electron chi connectivity index (χ1n) is 8.33. The first-order valence-corrected chi connectivity index (χ1v) is 9.09. The molecule has 0 aromatic heterocycles. The SMILES string of the molecule is C=CC(=O)N1CCN(c2ccc(-c3cc(OC)cc(Cl)c3Cl)cc2)CC1. The molecule has 0 unspecified atom stereocenters. The number of piperazine rings is 1. The van der Waals surface area contributed by atoms with Crippen LogP contribution in [0.1, 0.15) is 0 Å². The summed E-state index contributed by atoms with van der Waals surface area (Å²) in [5, 5.41) is 0.977. The van der Waals surface area contributed by atoms with Crippen molar-refractivity contribution in [2.45, 2.75) is 0 Å². The fourth-order valence-corrected chi connectivity index (χ4v) is 3.49. The van der Waals surface area contributed by atoms with Crippen LogP contribution in [0.4, 0.5) is 5.69 Å². The molecule has 1 fully saturated rings. The Bertz CT molecular complexity index is 813. The molecule has 2 aromatic carbocycles. The van der Waals surface area contributed by atoms with E-state index in [0.29, 0.717) is 28.9 Å². The van der Waals surface area contributed by atoms with E-state index in [1.54, 1.807) is 13.2 Å². The molecule has 0 radical (unpaired) electrons. The van der Waals surface area contributed by atoms with E-state index in [-0.39, 0.29) is 5.91 Å². The van der Waals surface area contributed by atoms with Crippen molar-refractivity contribution in [3.05, 3.63) is 59.1 Å². The number of hydrogen-bond donors (Lipinski definition) is 0. The van der Waals surface area contributed by atoms with Crippen LogP contribution in [-0.4, -0.2) is 44.1 Å². The van der Waals surface area contributed by atoms with Gasteiger partial charge in [-0.05, 0) is 29.8 Å². The third-order valence-electron chi connectivity index (χ3n) is 4.55. The molecule has 136 valence electrons. The molecule has 0 saturated carbocycles. The van der Waals surface area contributed by atoms with Crippen LogP contribution in [-0.2, 0) is 4.79 Å². The maximum absolute atomic E-state index is 11.7. The molecule has 0 atom stereocenters. The summed E-state index contributed by atoms with van der Waals surface area (Å²) in [6.07, 6.45) is 1.37. The first kappa shape index (κ1) is 18.6. The van der Waals surface area contributed by atoms with Gasteiger partial charge in [0.2, 0.25) is 5.91 Å². The standard InChI is InChI=1S/C20H20Cl2N2O2/c1-3-19(25)24-10-8-23(9-11-24)15-6-4-14(5-7-15)17-12-16(26-2)13-18(21)20(17)22/h3-7,12-13H,1,8-11H2,2H3. The second-order valence-corrected chi connectivity index (χ2v) is 6.82. The zero-order valence-electron chi connectivity index (χ0n) is 14.5. The molecule has 3 rings (SSSR count).